The zero-order valence-corrected chi connectivity index (χ0v) is 14.2. The third-order valence-electron chi connectivity index (χ3n) is 3.69. The fraction of sp³-hybridized carbons (Fsp3) is 0.294. The molecule has 0 aliphatic heterocycles. The fourth-order valence-electron chi connectivity index (χ4n) is 2.44. The number of amides is 1. The Kier molecular flexibility index (Phi) is 5.32. The number of aromatic nitrogens is 4. The van der Waals surface area contributed by atoms with Gasteiger partial charge >= 0.3 is 0 Å². The molecule has 0 spiro atoms. The Labute approximate surface area is 144 Å². The number of pyridine rings is 1. The minimum Gasteiger partial charge on any atom is -0.354 e. The quantitative estimate of drug-likeness (QED) is 0.717. The average Bonchev–Trinajstić information content (AvgIpc) is 3.28. The van der Waals surface area contributed by atoms with Crippen LogP contribution < -0.4 is 5.32 Å². The number of carbonyl (C=O) groups excluding carboxylic acids is 1. The summed E-state index contributed by atoms with van der Waals surface area (Å²) in [5.74, 6) is -0.00853. The smallest absolute Gasteiger partial charge is 0.244 e. The number of hydrogen-bond donors (Lipinski definition) is 1. The van der Waals surface area contributed by atoms with Crippen LogP contribution in [0.2, 0.25) is 0 Å². The van der Waals surface area contributed by atoms with Crippen molar-refractivity contribution in [3.8, 4) is 10.6 Å². The SMILES string of the molecule is CCC(C(=O)NCCc1csc(-c2ccncc2)n1)n1cccn1. The molecule has 1 atom stereocenters. The Morgan fingerprint density at radius 2 is 2.17 bits per heavy atom. The number of hydrogen-bond acceptors (Lipinski definition) is 5. The molecule has 3 heterocycles. The van der Waals surface area contributed by atoms with Crippen LogP contribution in [0.4, 0.5) is 0 Å². The molecule has 0 saturated heterocycles. The average molecular weight is 341 g/mol. The van der Waals surface area contributed by atoms with Crippen molar-refractivity contribution >= 4 is 17.2 Å². The zero-order valence-electron chi connectivity index (χ0n) is 13.4. The van der Waals surface area contributed by atoms with Gasteiger partial charge in [0.05, 0.1) is 5.69 Å². The van der Waals surface area contributed by atoms with Crippen molar-refractivity contribution in [1.82, 2.24) is 25.1 Å². The lowest BCUT2D eigenvalue weighted by Crippen LogP contribution is -2.33. The molecule has 0 aliphatic carbocycles. The van der Waals surface area contributed by atoms with E-state index in [9.17, 15) is 4.79 Å². The number of thiazole rings is 1. The van der Waals surface area contributed by atoms with Crippen LogP contribution in [-0.2, 0) is 11.2 Å². The van der Waals surface area contributed by atoms with Crippen LogP contribution in [0.25, 0.3) is 10.6 Å². The van der Waals surface area contributed by atoms with Crippen LogP contribution in [-0.4, -0.2) is 32.2 Å². The van der Waals surface area contributed by atoms with Gasteiger partial charge in [-0.15, -0.1) is 11.3 Å². The molecule has 7 heteroatoms. The fourth-order valence-corrected chi connectivity index (χ4v) is 3.30. The number of nitrogens with one attached hydrogen (secondary N) is 1. The Balaban J connectivity index is 1.53. The molecular formula is C17H19N5OS. The molecule has 0 aromatic carbocycles. The summed E-state index contributed by atoms with van der Waals surface area (Å²) in [4.78, 5) is 20.9. The van der Waals surface area contributed by atoms with E-state index in [2.05, 4.69) is 20.4 Å². The molecule has 3 aromatic rings. The first-order valence-corrected chi connectivity index (χ1v) is 8.77. The molecule has 0 fully saturated rings. The summed E-state index contributed by atoms with van der Waals surface area (Å²) in [5, 5.41) is 10.1. The summed E-state index contributed by atoms with van der Waals surface area (Å²) < 4.78 is 1.69. The largest absolute Gasteiger partial charge is 0.354 e. The molecule has 0 aliphatic rings. The van der Waals surface area contributed by atoms with Gasteiger partial charge in [0.25, 0.3) is 0 Å². The second kappa shape index (κ2) is 7.83. The normalized spacial score (nSPS) is 12.0. The van der Waals surface area contributed by atoms with E-state index >= 15 is 0 Å². The van der Waals surface area contributed by atoms with Crippen LogP contribution in [0, 0.1) is 0 Å². The molecule has 124 valence electrons. The van der Waals surface area contributed by atoms with Crippen molar-refractivity contribution in [2.75, 3.05) is 6.54 Å². The van der Waals surface area contributed by atoms with E-state index in [1.807, 2.05) is 36.7 Å². The Morgan fingerprint density at radius 1 is 1.33 bits per heavy atom. The van der Waals surface area contributed by atoms with Gasteiger partial charge in [-0.2, -0.15) is 5.10 Å². The van der Waals surface area contributed by atoms with Crippen LogP contribution in [0.5, 0.6) is 0 Å². The molecule has 0 saturated carbocycles. The van der Waals surface area contributed by atoms with Crippen LogP contribution in [0.1, 0.15) is 25.1 Å². The minimum atomic E-state index is -0.261. The van der Waals surface area contributed by atoms with Gasteiger partial charge < -0.3 is 5.32 Å². The summed E-state index contributed by atoms with van der Waals surface area (Å²) in [6, 6.07) is 5.45. The van der Waals surface area contributed by atoms with E-state index in [-0.39, 0.29) is 11.9 Å². The molecule has 0 bridgehead atoms. The van der Waals surface area contributed by atoms with Gasteiger partial charge in [0.2, 0.25) is 5.91 Å². The Hall–Kier alpha value is -2.54. The van der Waals surface area contributed by atoms with E-state index in [0.717, 1.165) is 16.3 Å². The topological polar surface area (TPSA) is 72.7 Å². The highest BCUT2D eigenvalue weighted by Crippen LogP contribution is 2.22. The molecule has 3 rings (SSSR count). The highest BCUT2D eigenvalue weighted by Gasteiger charge is 2.18. The first kappa shape index (κ1) is 16.3. The lowest BCUT2D eigenvalue weighted by Gasteiger charge is -2.15. The second-order valence-electron chi connectivity index (χ2n) is 5.33. The lowest BCUT2D eigenvalue weighted by atomic mass is 10.2. The maximum Gasteiger partial charge on any atom is 0.244 e. The van der Waals surface area contributed by atoms with Gasteiger partial charge in [0.1, 0.15) is 11.0 Å². The summed E-state index contributed by atoms with van der Waals surface area (Å²) in [5.41, 5.74) is 2.05. The van der Waals surface area contributed by atoms with Crippen LogP contribution in [0.15, 0.2) is 48.4 Å². The molecule has 3 aromatic heterocycles. The molecule has 24 heavy (non-hydrogen) atoms. The number of carbonyl (C=O) groups is 1. The zero-order chi connectivity index (χ0) is 16.8. The monoisotopic (exact) mass is 341 g/mol. The predicted octanol–water partition coefficient (Wildman–Crippen LogP) is 2.71. The molecular weight excluding hydrogens is 322 g/mol. The van der Waals surface area contributed by atoms with Crippen molar-refractivity contribution < 1.29 is 4.79 Å². The minimum absolute atomic E-state index is 0.00853. The van der Waals surface area contributed by atoms with E-state index < -0.39 is 0 Å². The first-order valence-electron chi connectivity index (χ1n) is 7.89. The van der Waals surface area contributed by atoms with Crippen LogP contribution >= 0.6 is 11.3 Å². The van der Waals surface area contributed by atoms with Crippen LogP contribution in [0.3, 0.4) is 0 Å². The van der Waals surface area contributed by atoms with E-state index in [1.54, 1.807) is 34.6 Å². The van der Waals surface area contributed by atoms with Gasteiger partial charge in [-0.05, 0) is 24.6 Å². The Bertz CT molecular complexity index is 769. The van der Waals surface area contributed by atoms with Gasteiger partial charge in [-0.1, -0.05) is 6.92 Å². The molecule has 6 nitrogen and oxygen atoms in total. The van der Waals surface area contributed by atoms with Gasteiger partial charge in [-0.25, -0.2) is 4.98 Å². The van der Waals surface area contributed by atoms with Gasteiger partial charge in [0.15, 0.2) is 0 Å². The third kappa shape index (κ3) is 3.86. The lowest BCUT2D eigenvalue weighted by molar-refractivity contribution is -0.124. The molecule has 1 N–H and O–H groups in total. The molecule has 0 radical (unpaired) electrons. The summed E-state index contributed by atoms with van der Waals surface area (Å²) in [7, 11) is 0. The summed E-state index contributed by atoms with van der Waals surface area (Å²) in [6.07, 6.45) is 8.44. The second-order valence-corrected chi connectivity index (χ2v) is 6.19. The maximum absolute atomic E-state index is 12.3. The van der Waals surface area contributed by atoms with E-state index in [0.29, 0.717) is 19.4 Å². The highest BCUT2D eigenvalue weighted by molar-refractivity contribution is 7.13. The number of nitrogens with zero attached hydrogens (tertiary/aromatic N) is 4. The van der Waals surface area contributed by atoms with E-state index in [4.69, 9.17) is 0 Å². The van der Waals surface area contributed by atoms with Gasteiger partial charge in [0, 0.05) is 48.7 Å². The van der Waals surface area contributed by atoms with Crippen molar-refractivity contribution in [2.24, 2.45) is 0 Å². The Morgan fingerprint density at radius 3 is 2.88 bits per heavy atom. The third-order valence-corrected chi connectivity index (χ3v) is 4.63. The van der Waals surface area contributed by atoms with Crippen molar-refractivity contribution in [1.29, 1.82) is 0 Å². The maximum atomic E-state index is 12.3. The predicted molar refractivity (Wildman–Crippen MR) is 93.6 cm³/mol. The first-order chi connectivity index (χ1) is 11.8. The molecule has 1 unspecified atom stereocenters. The highest BCUT2D eigenvalue weighted by atomic mass is 32.1. The van der Waals surface area contributed by atoms with E-state index in [1.165, 1.54) is 0 Å². The number of rotatable bonds is 7. The summed E-state index contributed by atoms with van der Waals surface area (Å²) >= 11 is 1.60. The van der Waals surface area contributed by atoms with Crippen molar-refractivity contribution in [2.45, 2.75) is 25.8 Å². The molecule has 1 amide bonds. The standard InChI is InChI=1S/C17H19N5OS/c1-2-15(22-11-3-7-20-22)16(23)19-10-6-14-12-24-17(21-14)13-4-8-18-9-5-13/h3-5,7-9,11-12,15H,2,6,10H2,1H3,(H,19,23). The van der Waals surface area contributed by atoms with Gasteiger partial charge in [-0.3, -0.25) is 14.5 Å². The van der Waals surface area contributed by atoms with Crippen molar-refractivity contribution in [3.63, 3.8) is 0 Å². The summed E-state index contributed by atoms with van der Waals surface area (Å²) in [6.45, 7) is 2.55. The van der Waals surface area contributed by atoms with Crippen molar-refractivity contribution in [3.05, 3.63) is 54.1 Å².